The van der Waals surface area contributed by atoms with E-state index in [2.05, 4.69) is 0 Å². The second kappa shape index (κ2) is 9.93. The standard InChI is InChI=1S/C5H12O4.Cl2P/c6-1-5(2-7,3-8)4-9;1-3-2/h6-9H,1-4H2;. The van der Waals surface area contributed by atoms with E-state index in [4.69, 9.17) is 42.9 Å². The average molecular weight is 238 g/mol. The molecule has 0 bridgehead atoms. The number of aliphatic hydroxyl groups is 4. The van der Waals surface area contributed by atoms with Crippen molar-refractivity contribution in [3.8, 4) is 0 Å². The summed E-state index contributed by atoms with van der Waals surface area (Å²) in [6.07, 6.45) is 0. The summed E-state index contributed by atoms with van der Waals surface area (Å²) in [7, 11) is 0.361. The van der Waals surface area contributed by atoms with E-state index in [0.29, 0.717) is 7.29 Å². The van der Waals surface area contributed by atoms with Crippen LogP contribution < -0.4 is 0 Å². The number of rotatable bonds is 4. The summed E-state index contributed by atoms with van der Waals surface area (Å²) in [5, 5.41) is 34.0. The van der Waals surface area contributed by atoms with Crippen molar-refractivity contribution in [1.82, 2.24) is 0 Å². The minimum absolute atomic E-state index is 0.361. The van der Waals surface area contributed by atoms with E-state index in [1.807, 2.05) is 0 Å². The van der Waals surface area contributed by atoms with Gasteiger partial charge in [-0.1, -0.05) is 22.5 Å². The Morgan fingerprint density at radius 2 is 1.00 bits per heavy atom. The van der Waals surface area contributed by atoms with Crippen molar-refractivity contribution in [2.45, 2.75) is 0 Å². The monoisotopic (exact) mass is 237 g/mol. The van der Waals surface area contributed by atoms with Gasteiger partial charge in [0, 0.05) is 0 Å². The fourth-order valence-corrected chi connectivity index (χ4v) is 0.300. The number of aliphatic hydroxyl groups excluding tert-OH is 4. The van der Waals surface area contributed by atoms with Gasteiger partial charge < -0.3 is 20.4 Å². The predicted octanol–water partition coefficient (Wildman–Crippen LogP) is 0.182. The van der Waals surface area contributed by atoms with Gasteiger partial charge in [-0.2, -0.15) is 0 Å². The third-order valence-electron chi connectivity index (χ3n) is 1.34. The maximum Gasteiger partial charge on any atom is 0.141 e. The lowest BCUT2D eigenvalue weighted by Crippen LogP contribution is -2.37. The third kappa shape index (κ3) is 6.38. The molecule has 7 heteroatoms. The number of hydrogen-bond acceptors (Lipinski definition) is 4. The molecule has 0 unspecified atom stereocenters. The van der Waals surface area contributed by atoms with E-state index in [0.717, 1.165) is 0 Å². The first-order valence-corrected chi connectivity index (χ1v) is 5.72. The van der Waals surface area contributed by atoms with Gasteiger partial charge in [-0.25, -0.2) is 0 Å². The second-order valence-corrected chi connectivity index (χ2v) is 3.86. The topological polar surface area (TPSA) is 80.9 Å². The number of hydrogen-bond donors (Lipinski definition) is 4. The molecule has 0 saturated heterocycles. The van der Waals surface area contributed by atoms with Crippen LogP contribution in [0.4, 0.5) is 0 Å². The molecule has 0 heterocycles. The van der Waals surface area contributed by atoms with Crippen LogP contribution in [0.1, 0.15) is 0 Å². The Hall–Kier alpha value is 0.850. The molecule has 4 N–H and O–H groups in total. The van der Waals surface area contributed by atoms with Gasteiger partial charge in [-0.15, -0.1) is 0 Å². The SMILES string of the molecule is Cl[P]Cl.OCC(CO)(CO)CO. The maximum atomic E-state index is 8.50. The van der Waals surface area contributed by atoms with Crippen LogP contribution in [0.3, 0.4) is 0 Å². The van der Waals surface area contributed by atoms with Gasteiger partial charge in [-0.05, 0) is 0 Å². The Morgan fingerprint density at radius 1 is 0.833 bits per heavy atom. The molecule has 1 radical (unpaired) electrons. The van der Waals surface area contributed by atoms with Crippen molar-refractivity contribution >= 4 is 29.8 Å². The van der Waals surface area contributed by atoms with Crippen LogP contribution in [0.2, 0.25) is 0 Å². The van der Waals surface area contributed by atoms with Crippen LogP contribution in [0, 0.1) is 5.41 Å². The summed E-state index contributed by atoms with van der Waals surface area (Å²) in [5.41, 5.74) is -1.11. The summed E-state index contributed by atoms with van der Waals surface area (Å²) in [5.74, 6) is 0. The van der Waals surface area contributed by atoms with Crippen LogP contribution in [-0.2, 0) is 0 Å². The first-order chi connectivity index (χ1) is 5.66. The molecule has 0 aromatic rings. The van der Waals surface area contributed by atoms with Crippen LogP contribution in [0.15, 0.2) is 0 Å². The van der Waals surface area contributed by atoms with Crippen molar-refractivity contribution in [2.24, 2.45) is 5.41 Å². The molecule has 0 aliphatic rings. The van der Waals surface area contributed by atoms with E-state index in [1.165, 1.54) is 0 Å². The lowest BCUT2D eigenvalue weighted by Gasteiger charge is -2.23. The van der Waals surface area contributed by atoms with Crippen LogP contribution in [-0.4, -0.2) is 46.9 Å². The van der Waals surface area contributed by atoms with Gasteiger partial charge in [0.25, 0.3) is 0 Å². The van der Waals surface area contributed by atoms with Crippen molar-refractivity contribution in [3.63, 3.8) is 0 Å². The van der Waals surface area contributed by atoms with Crippen molar-refractivity contribution < 1.29 is 20.4 Å². The summed E-state index contributed by atoms with van der Waals surface area (Å²) in [4.78, 5) is 0. The zero-order chi connectivity index (χ0) is 10.0. The first kappa shape index (κ1) is 15.3. The highest BCUT2D eigenvalue weighted by Crippen LogP contribution is 2.19. The summed E-state index contributed by atoms with van der Waals surface area (Å²) in [6.45, 7) is -1.62. The Kier molecular flexibility index (Phi) is 12.7. The van der Waals surface area contributed by atoms with E-state index in [1.54, 1.807) is 0 Å². The van der Waals surface area contributed by atoms with E-state index in [-0.39, 0.29) is 0 Å². The molecule has 0 fully saturated rings. The Labute approximate surface area is 82.5 Å². The average Bonchev–Trinajstić information content (AvgIpc) is 2.11. The highest BCUT2D eigenvalue weighted by atomic mass is 35.9. The molecule has 0 aromatic carbocycles. The minimum Gasteiger partial charge on any atom is -0.396 e. The Morgan fingerprint density at radius 3 is 1.00 bits per heavy atom. The second-order valence-electron chi connectivity index (χ2n) is 2.20. The first-order valence-electron chi connectivity index (χ1n) is 3.02. The molecule has 75 valence electrons. The van der Waals surface area contributed by atoms with E-state index in [9.17, 15) is 0 Å². The highest BCUT2D eigenvalue weighted by molar-refractivity contribution is 7.90. The van der Waals surface area contributed by atoms with Crippen molar-refractivity contribution in [1.29, 1.82) is 0 Å². The predicted molar refractivity (Wildman–Crippen MR) is 49.4 cm³/mol. The fraction of sp³-hybridized carbons (Fsp3) is 1.00. The molecule has 12 heavy (non-hydrogen) atoms. The molecular formula is C5H12Cl2O4P. The van der Waals surface area contributed by atoms with Gasteiger partial charge in [0.1, 0.15) is 7.29 Å². The largest absolute Gasteiger partial charge is 0.396 e. The molecule has 0 aromatic heterocycles. The number of halogens is 2. The molecule has 0 saturated carbocycles. The summed E-state index contributed by atoms with van der Waals surface area (Å²) < 4.78 is 0. The highest BCUT2D eigenvalue weighted by Gasteiger charge is 2.26. The van der Waals surface area contributed by atoms with Crippen LogP contribution in [0.5, 0.6) is 0 Å². The minimum atomic E-state index is -1.11. The Bertz CT molecular complexity index is 74.0. The maximum absolute atomic E-state index is 8.50. The van der Waals surface area contributed by atoms with E-state index >= 15 is 0 Å². The quantitative estimate of drug-likeness (QED) is 0.527. The van der Waals surface area contributed by atoms with Crippen molar-refractivity contribution in [2.75, 3.05) is 26.4 Å². The summed E-state index contributed by atoms with van der Waals surface area (Å²) >= 11 is 9.47. The third-order valence-corrected chi connectivity index (χ3v) is 1.34. The normalized spacial score (nSPS) is 10.5. The van der Waals surface area contributed by atoms with Crippen LogP contribution in [0.25, 0.3) is 0 Å². The molecule has 4 nitrogen and oxygen atoms in total. The zero-order valence-electron chi connectivity index (χ0n) is 6.32. The molecule has 0 aliphatic carbocycles. The summed E-state index contributed by atoms with van der Waals surface area (Å²) in [6, 6.07) is 0. The lowest BCUT2D eigenvalue weighted by molar-refractivity contribution is -0.0328. The molecule has 0 amide bonds. The van der Waals surface area contributed by atoms with E-state index < -0.39 is 31.8 Å². The Balaban J connectivity index is 0. The molecule has 0 aliphatic heterocycles. The molecule has 0 spiro atoms. The van der Waals surface area contributed by atoms with Gasteiger partial charge in [0.15, 0.2) is 0 Å². The lowest BCUT2D eigenvalue weighted by atomic mass is 9.93. The molecule has 0 rings (SSSR count). The molecular weight excluding hydrogens is 226 g/mol. The van der Waals surface area contributed by atoms with Crippen molar-refractivity contribution in [3.05, 3.63) is 0 Å². The smallest absolute Gasteiger partial charge is 0.141 e. The zero-order valence-corrected chi connectivity index (χ0v) is 8.73. The van der Waals surface area contributed by atoms with Gasteiger partial charge in [-0.3, -0.25) is 0 Å². The fourth-order valence-electron chi connectivity index (χ4n) is 0.300. The van der Waals surface area contributed by atoms with Gasteiger partial charge in [0.2, 0.25) is 0 Å². The van der Waals surface area contributed by atoms with Gasteiger partial charge >= 0.3 is 0 Å². The molecule has 0 atom stereocenters. The van der Waals surface area contributed by atoms with Gasteiger partial charge in [0.05, 0.1) is 31.8 Å². The van der Waals surface area contributed by atoms with Crippen LogP contribution >= 0.6 is 29.8 Å².